The molecular weight excluding hydrogens is 435 g/mol. The Bertz CT molecular complexity index is 1120. The molecule has 11 heteroatoms. The Hall–Kier alpha value is -2.92. The van der Waals surface area contributed by atoms with Crippen LogP contribution in [0.4, 0.5) is 18.9 Å². The minimum Gasteiger partial charge on any atom is -0.355 e. The number of hydrogen-bond acceptors (Lipinski definition) is 4. The fourth-order valence-electron chi connectivity index (χ4n) is 3.30. The van der Waals surface area contributed by atoms with Crippen LogP contribution in [0.3, 0.4) is 0 Å². The molecule has 2 aromatic rings. The molecule has 1 aliphatic heterocycles. The van der Waals surface area contributed by atoms with E-state index in [-0.39, 0.29) is 48.0 Å². The highest BCUT2D eigenvalue weighted by Gasteiger charge is 2.32. The van der Waals surface area contributed by atoms with E-state index in [2.05, 4.69) is 10.6 Å². The van der Waals surface area contributed by atoms with Crippen LogP contribution < -0.4 is 10.6 Å². The molecule has 0 unspecified atom stereocenters. The van der Waals surface area contributed by atoms with E-state index in [4.69, 9.17) is 0 Å². The van der Waals surface area contributed by atoms with E-state index >= 15 is 0 Å². The fraction of sp³-hybridized carbons (Fsp3) is 0.300. The number of nitrogens with one attached hydrogen (secondary N) is 2. The molecule has 1 saturated heterocycles. The number of nitrogens with zero attached hydrogens (tertiary/aromatic N) is 1. The Morgan fingerprint density at radius 1 is 0.968 bits per heavy atom. The monoisotopic (exact) mass is 455 g/mol. The van der Waals surface area contributed by atoms with Crippen LogP contribution in [0.1, 0.15) is 23.2 Å². The molecule has 0 radical (unpaired) electrons. The number of sulfonamides is 1. The summed E-state index contributed by atoms with van der Waals surface area (Å²) in [6.45, 7) is 0.0403. The van der Waals surface area contributed by atoms with Gasteiger partial charge in [-0.2, -0.15) is 4.31 Å². The highest BCUT2D eigenvalue weighted by Crippen LogP contribution is 2.26. The normalized spacial score (nSPS) is 15.5. The lowest BCUT2D eigenvalue weighted by Crippen LogP contribution is -2.41. The molecule has 7 nitrogen and oxygen atoms in total. The number of hydrogen-bond donors (Lipinski definition) is 2. The van der Waals surface area contributed by atoms with Crippen molar-refractivity contribution < 1.29 is 31.2 Å². The Balaban J connectivity index is 1.65. The molecule has 1 fully saturated rings. The highest BCUT2D eigenvalue weighted by atomic mass is 32.2. The molecule has 0 aromatic heterocycles. The van der Waals surface area contributed by atoms with E-state index in [1.807, 2.05) is 0 Å². The average Bonchev–Trinajstić information content (AvgIpc) is 2.76. The predicted octanol–water partition coefficient (Wildman–Crippen LogP) is 2.50. The zero-order valence-corrected chi connectivity index (χ0v) is 17.3. The van der Waals surface area contributed by atoms with Crippen LogP contribution in [0.2, 0.25) is 0 Å². The summed E-state index contributed by atoms with van der Waals surface area (Å²) in [5, 5.41) is 4.92. The number of benzene rings is 2. The van der Waals surface area contributed by atoms with Gasteiger partial charge in [-0.1, -0.05) is 0 Å². The smallest absolute Gasteiger partial charge is 0.254 e. The Kier molecular flexibility index (Phi) is 6.65. The minimum absolute atomic E-state index is 0.0202. The number of piperidine rings is 1. The molecule has 2 N–H and O–H groups in total. The summed E-state index contributed by atoms with van der Waals surface area (Å²) >= 11 is 0. The zero-order chi connectivity index (χ0) is 22.8. The summed E-state index contributed by atoms with van der Waals surface area (Å²) in [5.41, 5.74) is 0.0228. The molecule has 2 amide bonds. The summed E-state index contributed by atoms with van der Waals surface area (Å²) < 4.78 is 66.7. The van der Waals surface area contributed by atoms with Crippen LogP contribution >= 0.6 is 0 Å². The third-order valence-electron chi connectivity index (χ3n) is 5.06. The van der Waals surface area contributed by atoms with Crippen molar-refractivity contribution in [3.63, 3.8) is 0 Å². The van der Waals surface area contributed by atoms with Crippen molar-refractivity contribution in [2.75, 3.05) is 25.5 Å². The number of carbonyl (C=O) groups is 2. The quantitative estimate of drug-likeness (QED) is 0.724. The maximum atomic E-state index is 13.8. The Morgan fingerprint density at radius 2 is 1.61 bits per heavy atom. The fourth-order valence-corrected chi connectivity index (χ4v) is 4.78. The summed E-state index contributed by atoms with van der Waals surface area (Å²) in [4.78, 5) is 23.9. The van der Waals surface area contributed by atoms with E-state index < -0.39 is 39.3 Å². The summed E-state index contributed by atoms with van der Waals surface area (Å²) in [5.74, 6) is -4.66. The minimum atomic E-state index is -4.02. The van der Waals surface area contributed by atoms with Gasteiger partial charge in [-0.3, -0.25) is 9.59 Å². The van der Waals surface area contributed by atoms with Gasteiger partial charge in [-0.25, -0.2) is 21.6 Å². The third-order valence-corrected chi connectivity index (χ3v) is 6.95. The second kappa shape index (κ2) is 9.06. The van der Waals surface area contributed by atoms with Crippen molar-refractivity contribution in [2.24, 2.45) is 5.92 Å². The second-order valence-electron chi connectivity index (χ2n) is 7.02. The number of amides is 2. The molecule has 0 spiro atoms. The van der Waals surface area contributed by atoms with Gasteiger partial charge in [-0.05, 0) is 49.2 Å². The van der Waals surface area contributed by atoms with Gasteiger partial charge >= 0.3 is 0 Å². The first-order chi connectivity index (χ1) is 14.6. The molecule has 166 valence electrons. The lowest BCUT2D eigenvalue weighted by atomic mass is 9.97. The maximum Gasteiger partial charge on any atom is 0.254 e. The first-order valence-corrected chi connectivity index (χ1v) is 10.8. The zero-order valence-electron chi connectivity index (χ0n) is 16.5. The van der Waals surface area contributed by atoms with E-state index in [0.717, 1.165) is 22.5 Å². The SMILES string of the molecule is CNC(=O)c1cc(NC(=O)C2CCN(S(=O)(=O)c3ccc(F)c(F)c3)CC2)ccc1F. The van der Waals surface area contributed by atoms with Gasteiger partial charge in [0.05, 0.1) is 10.5 Å². The molecule has 3 rings (SSSR count). The van der Waals surface area contributed by atoms with Crippen molar-refractivity contribution in [1.29, 1.82) is 0 Å². The molecule has 1 heterocycles. The maximum absolute atomic E-state index is 13.8. The standard InChI is InChI=1S/C20H20F3N3O4S/c1-24-20(28)15-10-13(2-4-16(15)21)25-19(27)12-6-8-26(9-7-12)31(29,30)14-3-5-17(22)18(23)11-14/h2-5,10-12H,6-9H2,1H3,(H,24,28)(H,25,27). The molecular formula is C20H20F3N3O4S. The first kappa shape index (κ1) is 22.8. The Labute approximate surface area is 177 Å². The van der Waals surface area contributed by atoms with Crippen molar-refractivity contribution in [2.45, 2.75) is 17.7 Å². The van der Waals surface area contributed by atoms with Crippen molar-refractivity contribution in [1.82, 2.24) is 9.62 Å². The molecule has 0 atom stereocenters. The van der Waals surface area contributed by atoms with Gasteiger partial charge in [-0.15, -0.1) is 0 Å². The lowest BCUT2D eigenvalue weighted by Gasteiger charge is -2.30. The number of halogens is 3. The van der Waals surface area contributed by atoms with Crippen LogP contribution in [0.25, 0.3) is 0 Å². The molecule has 31 heavy (non-hydrogen) atoms. The second-order valence-corrected chi connectivity index (χ2v) is 8.96. The molecule has 0 aliphatic carbocycles. The van der Waals surface area contributed by atoms with Gasteiger partial charge in [0.2, 0.25) is 15.9 Å². The number of rotatable bonds is 5. The van der Waals surface area contributed by atoms with Crippen molar-refractivity contribution >= 4 is 27.5 Å². The van der Waals surface area contributed by atoms with Crippen LogP contribution in [0.5, 0.6) is 0 Å². The lowest BCUT2D eigenvalue weighted by molar-refractivity contribution is -0.120. The Morgan fingerprint density at radius 3 is 2.23 bits per heavy atom. The summed E-state index contributed by atoms with van der Waals surface area (Å²) in [6.07, 6.45) is 0.413. The first-order valence-electron chi connectivity index (χ1n) is 9.41. The number of anilines is 1. The van der Waals surface area contributed by atoms with Crippen molar-refractivity contribution in [3.05, 3.63) is 59.4 Å². The highest BCUT2D eigenvalue weighted by molar-refractivity contribution is 7.89. The van der Waals surface area contributed by atoms with Crippen LogP contribution in [-0.2, 0) is 14.8 Å². The van der Waals surface area contributed by atoms with Gasteiger partial charge in [0.25, 0.3) is 5.91 Å². The molecule has 0 saturated carbocycles. The summed E-state index contributed by atoms with van der Waals surface area (Å²) in [6, 6.07) is 5.97. The largest absolute Gasteiger partial charge is 0.355 e. The van der Waals surface area contributed by atoms with Gasteiger partial charge in [0.1, 0.15) is 5.82 Å². The molecule has 2 aromatic carbocycles. The van der Waals surface area contributed by atoms with Gasteiger partial charge < -0.3 is 10.6 Å². The third kappa shape index (κ3) is 4.88. The van der Waals surface area contributed by atoms with Crippen molar-refractivity contribution in [3.8, 4) is 0 Å². The molecule has 0 bridgehead atoms. The topological polar surface area (TPSA) is 95.6 Å². The van der Waals surface area contributed by atoms with E-state index in [0.29, 0.717) is 6.07 Å². The van der Waals surface area contributed by atoms with Crippen LogP contribution in [0.15, 0.2) is 41.3 Å². The van der Waals surface area contributed by atoms with E-state index in [1.165, 1.54) is 19.2 Å². The predicted molar refractivity (Wildman–Crippen MR) is 106 cm³/mol. The number of carbonyl (C=O) groups excluding carboxylic acids is 2. The average molecular weight is 455 g/mol. The molecule has 1 aliphatic rings. The van der Waals surface area contributed by atoms with E-state index in [1.54, 1.807) is 0 Å². The van der Waals surface area contributed by atoms with Crippen LogP contribution in [0, 0.1) is 23.4 Å². The van der Waals surface area contributed by atoms with Gasteiger partial charge in [0.15, 0.2) is 11.6 Å². The summed E-state index contributed by atoms with van der Waals surface area (Å²) in [7, 11) is -2.67. The van der Waals surface area contributed by atoms with E-state index in [9.17, 15) is 31.2 Å². The van der Waals surface area contributed by atoms with Crippen LogP contribution in [-0.4, -0.2) is 44.7 Å². The van der Waals surface area contributed by atoms with Gasteiger partial charge in [0, 0.05) is 31.7 Å².